The maximum Gasteiger partial charge on any atom is 0.0578 e. The number of likely N-dealkylation sites (tertiary alicyclic amines) is 1. The van der Waals surface area contributed by atoms with Crippen LogP contribution in [0.5, 0.6) is 0 Å². The maximum atomic E-state index is 4.69. The van der Waals surface area contributed by atoms with Gasteiger partial charge in [0.2, 0.25) is 0 Å². The standard InChI is InChI=1S/C14H22N2/c1-11(2)16-10-5-4-9-14(16)13-8-6-7-12(3)15-13/h6-8,11,14H,4-5,9-10H2,1-3H3/t14-/m0/s1. The van der Waals surface area contributed by atoms with Gasteiger partial charge in [0.1, 0.15) is 0 Å². The van der Waals surface area contributed by atoms with E-state index in [0.29, 0.717) is 12.1 Å². The molecule has 1 atom stereocenters. The van der Waals surface area contributed by atoms with Crippen molar-refractivity contribution < 1.29 is 0 Å². The third-order valence-electron chi connectivity index (χ3n) is 3.46. The van der Waals surface area contributed by atoms with Crippen LogP contribution in [0, 0.1) is 6.92 Å². The van der Waals surface area contributed by atoms with Gasteiger partial charge >= 0.3 is 0 Å². The second-order valence-electron chi connectivity index (χ2n) is 5.05. The van der Waals surface area contributed by atoms with Crippen LogP contribution in [-0.2, 0) is 0 Å². The fourth-order valence-electron chi connectivity index (χ4n) is 2.64. The molecule has 0 unspecified atom stereocenters. The Balaban J connectivity index is 2.23. The Hall–Kier alpha value is -0.890. The molecule has 0 aliphatic carbocycles. The van der Waals surface area contributed by atoms with Gasteiger partial charge in [0.05, 0.1) is 11.7 Å². The second kappa shape index (κ2) is 4.96. The van der Waals surface area contributed by atoms with Gasteiger partial charge in [-0.15, -0.1) is 0 Å². The van der Waals surface area contributed by atoms with Crippen molar-refractivity contribution >= 4 is 0 Å². The lowest BCUT2D eigenvalue weighted by Gasteiger charge is -2.38. The quantitative estimate of drug-likeness (QED) is 0.757. The summed E-state index contributed by atoms with van der Waals surface area (Å²) < 4.78 is 0. The summed E-state index contributed by atoms with van der Waals surface area (Å²) in [6.07, 6.45) is 3.93. The number of piperidine rings is 1. The van der Waals surface area contributed by atoms with Crippen LogP contribution < -0.4 is 0 Å². The summed E-state index contributed by atoms with van der Waals surface area (Å²) in [5.74, 6) is 0. The third-order valence-corrected chi connectivity index (χ3v) is 3.46. The Labute approximate surface area is 98.7 Å². The van der Waals surface area contributed by atoms with E-state index in [-0.39, 0.29) is 0 Å². The highest BCUT2D eigenvalue weighted by molar-refractivity contribution is 5.14. The Morgan fingerprint density at radius 3 is 2.81 bits per heavy atom. The maximum absolute atomic E-state index is 4.69. The molecule has 2 heteroatoms. The Bertz CT molecular complexity index is 346. The lowest BCUT2D eigenvalue weighted by atomic mass is 9.97. The summed E-state index contributed by atoms with van der Waals surface area (Å²) in [4.78, 5) is 7.28. The van der Waals surface area contributed by atoms with E-state index in [1.54, 1.807) is 0 Å². The summed E-state index contributed by atoms with van der Waals surface area (Å²) in [6.45, 7) is 7.87. The number of hydrogen-bond donors (Lipinski definition) is 0. The Kier molecular flexibility index (Phi) is 3.59. The largest absolute Gasteiger partial charge is 0.292 e. The van der Waals surface area contributed by atoms with Gasteiger partial charge < -0.3 is 0 Å². The molecule has 1 aromatic heterocycles. The third kappa shape index (κ3) is 2.43. The normalized spacial score (nSPS) is 22.6. The molecule has 0 N–H and O–H groups in total. The van der Waals surface area contributed by atoms with E-state index in [9.17, 15) is 0 Å². The number of pyridine rings is 1. The molecule has 1 aliphatic rings. The summed E-state index contributed by atoms with van der Waals surface area (Å²) in [5, 5.41) is 0. The van der Waals surface area contributed by atoms with Crippen LogP contribution in [0.3, 0.4) is 0 Å². The number of aryl methyl sites for hydroxylation is 1. The number of hydrogen-bond acceptors (Lipinski definition) is 2. The predicted octanol–water partition coefficient (Wildman–Crippen LogP) is 3.33. The van der Waals surface area contributed by atoms with Gasteiger partial charge in [0, 0.05) is 11.7 Å². The van der Waals surface area contributed by atoms with Crippen molar-refractivity contribution in [3.63, 3.8) is 0 Å². The zero-order valence-electron chi connectivity index (χ0n) is 10.6. The van der Waals surface area contributed by atoms with Crippen LogP contribution in [0.25, 0.3) is 0 Å². The molecule has 0 bridgehead atoms. The highest BCUT2D eigenvalue weighted by Crippen LogP contribution is 2.31. The first-order chi connectivity index (χ1) is 7.68. The minimum Gasteiger partial charge on any atom is -0.292 e. The average Bonchev–Trinajstić information content (AvgIpc) is 2.29. The molecular formula is C14H22N2. The Morgan fingerprint density at radius 2 is 2.12 bits per heavy atom. The van der Waals surface area contributed by atoms with Gasteiger partial charge in [-0.1, -0.05) is 12.5 Å². The molecule has 1 fully saturated rings. The highest BCUT2D eigenvalue weighted by atomic mass is 15.2. The first-order valence-corrected chi connectivity index (χ1v) is 6.38. The second-order valence-corrected chi connectivity index (χ2v) is 5.05. The van der Waals surface area contributed by atoms with Gasteiger partial charge in [0.15, 0.2) is 0 Å². The predicted molar refractivity (Wildman–Crippen MR) is 67.4 cm³/mol. The summed E-state index contributed by atoms with van der Waals surface area (Å²) in [6, 6.07) is 7.54. The van der Waals surface area contributed by atoms with Gasteiger partial charge in [-0.25, -0.2) is 0 Å². The SMILES string of the molecule is Cc1cccc([C@@H]2CCCCN2C(C)C)n1. The topological polar surface area (TPSA) is 16.1 Å². The first-order valence-electron chi connectivity index (χ1n) is 6.38. The lowest BCUT2D eigenvalue weighted by Crippen LogP contribution is -2.38. The molecule has 1 saturated heterocycles. The van der Waals surface area contributed by atoms with E-state index in [0.717, 1.165) is 5.69 Å². The van der Waals surface area contributed by atoms with Gasteiger partial charge in [-0.3, -0.25) is 9.88 Å². The number of aromatic nitrogens is 1. The molecule has 16 heavy (non-hydrogen) atoms. The molecule has 2 rings (SSSR count). The summed E-state index contributed by atoms with van der Waals surface area (Å²) >= 11 is 0. The van der Waals surface area contributed by atoms with E-state index in [2.05, 4.69) is 48.9 Å². The fraction of sp³-hybridized carbons (Fsp3) is 0.643. The first kappa shape index (κ1) is 11.6. The van der Waals surface area contributed by atoms with Crippen LogP contribution in [0.15, 0.2) is 18.2 Å². The molecular weight excluding hydrogens is 196 g/mol. The van der Waals surface area contributed by atoms with Crippen molar-refractivity contribution in [3.05, 3.63) is 29.6 Å². The van der Waals surface area contributed by atoms with Crippen molar-refractivity contribution in [3.8, 4) is 0 Å². The molecule has 0 aromatic carbocycles. The minimum atomic E-state index is 0.536. The van der Waals surface area contributed by atoms with Crippen molar-refractivity contribution in [2.24, 2.45) is 0 Å². The Morgan fingerprint density at radius 1 is 1.31 bits per heavy atom. The van der Waals surface area contributed by atoms with E-state index in [1.807, 2.05) is 0 Å². The van der Waals surface area contributed by atoms with E-state index >= 15 is 0 Å². The molecule has 0 amide bonds. The van der Waals surface area contributed by atoms with Crippen LogP contribution >= 0.6 is 0 Å². The lowest BCUT2D eigenvalue weighted by molar-refractivity contribution is 0.109. The molecule has 2 nitrogen and oxygen atoms in total. The van der Waals surface area contributed by atoms with Gasteiger partial charge in [-0.2, -0.15) is 0 Å². The molecule has 88 valence electrons. The van der Waals surface area contributed by atoms with E-state index < -0.39 is 0 Å². The van der Waals surface area contributed by atoms with Crippen LogP contribution in [0.1, 0.15) is 50.5 Å². The fourth-order valence-corrected chi connectivity index (χ4v) is 2.64. The monoisotopic (exact) mass is 218 g/mol. The van der Waals surface area contributed by atoms with Crippen molar-refractivity contribution in [2.45, 2.75) is 52.1 Å². The smallest absolute Gasteiger partial charge is 0.0578 e. The van der Waals surface area contributed by atoms with Crippen LogP contribution in [-0.4, -0.2) is 22.5 Å². The van der Waals surface area contributed by atoms with Crippen LogP contribution in [0.4, 0.5) is 0 Å². The molecule has 0 radical (unpaired) electrons. The molecule has 0 spiro atoms. The molecule has 0 saturated carbocycles. The average molecular weight is 218 g/mol. The van der Waals surface area contributed by atoms with E-state index in [4.69, 9.17) is 0 Å². The van der Waals surface area contributed by atoms with Gasteiger partial charge in [-0.05, 0) is 52.3 Å². The van der Waals surface area contributed by atoms with Crippen molar-refractivity contribution in [1.29, 1.82) is 0 Å². The zero-order valence-corrected chi connectivity index (χ0v) is 10.6. The van der Waals surface area contributed by atoms with Gasteiger partial charge in [0.25, 0.3) is 0 Å². The number of rotatable bonds is 2. The molecule has 1 aliphatic heterocycles. The summed E-state index contributed by atoms with van der Waals surface area (Å²) in [7, 11) is 0. The molecule has 2 heterocycles. The zero-order chi connectivity index (χ0) is 11.5. The van der Waals surface area contributed by atoms with E-state index in [1.165, 1.54) is 31.5 Å². The molecule has 1 aromatic rings. The number of nitrogens with zero attached hydrogens (tertiary/aromatic N) is 2. The van der Waals surface area contributed by atoms with Crippen LogP contribution in [0.2, 0.25) is 0 Å². The minimum absolute atomic E-state index is 0.536. The van der Waals surface area contributed by atoms with Crippen molar-refractivity contribution in [1.82, 2.24) is 9.88 Å². The van der Waals surface area contributed by atoms with Crippen molar-refractivity contribution in [2.75, 3.05) is 6.54 Å². The highest BCUT2D eigenvalue weighted by Gasteiger charge is 2.26. The summed E-state index contributed by atoms with van der Waals surface area (Å²) in [5.41, 5.74) is 2.39.